The van der Waals surface area contributed by atoms with E-state index in [-0.39, 0.29) is 4.83 Å². The molecule has 17 heavy (non-hydrogen) atoms. The highest BCUT2D eigenvalue weighted by atomic mass is 79.9. The number of aryl methyl sites for hydroxylation is 2. The second kappa shape index (κ2) is 4.96. The Balaban J connectivity index is 2.34. The zero-order chi connectivity index (χ0) is 12.4. The Morgan fingerprint density at radius 2 is 2.00 bits per heavy atom. The molecule has 2 rings (SSSR count). The van der Waals surface area contributed by atoms with Gasteiger partial charge in [-0.15, -0.1) is 0 Å². The lowest BCUT2D eigenvalue weighted by Gasteiger charge is -2.12. The molecule has 0 saturated carbocycles. The monoisotopic (exact) mass is 294 g/mol. The van der Waals surface area contributed by atoms with Crippen LogP contribution in [0, 0.1) is 13.8 Å². The van der Waals surface area contributed by atoms with Crippen LogP contribution in [-0.4, -0.2) is 7.11 Å². The molecule has 90 valence electrons. The third kappa shape index (κ3) is 2.55. The summed E-state index contributed by atoms with van der Waals surface area (Å²) in [5.41, 5.74) is 3.56. The molecular weight excluding hydrogens is 280 g/mol. The summed E-state index contributed by atoms with van der Waals surface area (Å²) in [4.78, 5) is 0.158. The second-order valence-electron chi connectivity index (χ2n) is 4.08. The first-order chi connectivity index (χ1) is 8.11. The van der Waals surface area contributed by atoms with Gasteiger partial charge >= 0.3 is 0 Å². The van der Waals surface area contributed by atoms with Crippen molar-refractivity contribution < 1.29 is 9.15 Å². The zero-order valence-corrected chi connectivity index (χ0v) is 11.7. The van der Waals surface area contributed by atoms with Crippen LogP contribution in [0.3, 0.4) is 0 Å². The Kier molecular flexibility index (Phi) is 3.57. The first-order valence-corrected chi connectivity index (χ1v) is 6.37. The van der Waals surface area contributed by atoms with Gasteiger partial charge in [-0.3, -0.25) is 0 Å². The average molecular weight is 295 g/mol. The van der Waals surface area contributed by atoms with Crippen LogP contribution >= 0.6 is 15.9 Å². The van der Waals surface area contributed by atoms with E-state index in [1.54, 1.807) is 13.4 Å². The normalized spacial score (nSPS) is 12.5. The van der Waals surface area contributed by atoms with Gasteiger partial charge in [-0.05, 0) is 43.2 Å². The Morgan fingerprint density at radius 1 is 1.24 bits per heavy atom. The van der Waals surface area contributed by atoms with Crippen molar-refractivity contribution in [1.29, 1.82) is 0 Å². The highest BCUT2D eigenvalue weighted by molar-refractivity contribution is 9.09. The molecule has 0 amide bonds. The summed E-state index contributed by atoms with van der Waals surface area (Å²) in [7, 11) is 1.68. The lowest BCUT2D eigenvalue weighted by molar-refractivity contribution is 0.414. The predicted molar refractivity (Wildman–Crippen MR) is 71.9 cm³/mol. The third-order valence-electron chi connectivity index (χ3n) is 2.79. The lowest BCUT2D eigenvalue weighted by atomic mass is 10.0. The van der Waals surface area contributed by atoms with Gasteiger partial charge in [-0.25, -0.2) is 0 Å². The van der Waals surface area contributed by atoms with E-state index in [4.69, 9.17) is 9.15 Å². The first kappa shape index (κ1) is 12.2. The number of methoxy groups -OCH3 is 1. The van der Waals surface area contributed by atoms with Crippen LogP contribution in [-0.2, 0) is 0 Å². The second-order valence-corrected chi connectivity index (χ2v) is 4.99. The Bertz CT molecular complexity index is 517. The quantitative estimate of drug-likeness (QED) is 0.784. The van der Waals surface area contributed by atoms with Gasteiger partial charge in [0.15, 0.2) is 0 Å². The van der Waals surface area contributed by atoms with Crippen molar-refractivity contribution in [3.8, 4) is 5.75 Å². The molecule has 1 aromatic carbocycles. The Morgan fingerprint density at radius 3 is 2.53 bits per heavy atom. The molecule has 0 saturated heterocycles. The molecule has 0 aliphatic rings. The highest BCUT2D eigenvalue weighted by Crippen LogP contribution is 2.34. The van der Waals surface area contributed by atoms with Crippen LogP contribution in [0.2, 0.25) is 0 Å². The van der Waals surface area contributed by atoms with Gasteiger partial charge in [0.05, 0.1) is 18.2 Å². The number of halogens is 1. The van der Waals surface area contributed by atoms with Crippen molar-refractivity contribution in [1.82, 2.24) is 0 Å². The highest BCUT2D eigenvalue weighted by Gasteiger charge is 2.15. The van der Waals surface area contributed by atoms with E-state index in [1.165, 1.54) is 11.1 Å². The Labute approximate surface area is 110 Å². The third-order valence-corrected chi connectivity index (χ3v) is 3.82. The zero-order valence-electron chi connectivity index (χ0n) is 10.2. The van der Waals surface area contributed by atoms with Crippen molar-refractivity contribution in [2.24, 2.45) is 0 Å². The molecule has 0 spiro atoms. The van der Waals surface area contributed by atoms with Crippen molar-refractivity contribution in [2.75, 3.05) is 7.11 Å². The van der Waals surface area contributed by atoms with E-state index in [2.05, 4.69) is 28.9 Å². The maximum absolute atomic E-state index is 5.34. The van der Waals surface area contributed by atoms with Crippen LogP contribution in [0.25, 0.3) is 0 Å². The summed E-state index contributed by atoms with van der Waals surface area (Å²) >= 11 is 3.70. The van der Waals surface area contributed by atoms with Crippen molar-refractivity contribution in [3.05, 3.63) is 53.0 Å². The van der Waals surface area contributed by atoms with Gasteiger partial charge in [0.25, 0.3) is 0 Å². The molecule has 2 aromatic rings. The fraction of sp³-hybridized carbons (Fsp3) is 0.286. The summed E-state index contributed by atoms with van der Waals surface area (Å²) in [6, 6.07) is 8.14. The number of ether oxygens (including phenoxy) is 1. The van der Waals surface area contributed by atoms with Crippen LogP contribution in [0.15, 0.2) is 34.9 Å². The maximum Gasteiger partial charge on any atom is 0.119 e. The fourth-order valence-electron chi connectivity index (χ4n) is 1.84. The summed E-state index contributed by atoms with van der Waals surface area (Å²) < 4.78 is 10.5. The van der Waals surface area contributed by atoms with Crippen LogP contribution in [0.5, 0.6) is 5.75 Å². The van der Waals surface area contributed by atoms with E-state index in [9.17, 15) is 0 Å². The van der Waals surface area contributed by atoms with Gasteiger partial charge in [0, 0.05) is 5.56 Å². The van der Waals surface area contributed by atoms with Gasteiger partial charge in [-0.2, -0.15) is 0 Å². The van der Waals surface area contributed by atoms with E-state index in [0.717, 1.165) is 17.1 Å². The molecule has 0 aliphatic carbocycles. The summed E-state index contributed by atoms with van der Waals surface area (Å²) in [6.45, 7) is 4.03. The number of hydrogen-bond acceptors (Lipinski definition) is 2. The largest absolute Gasteiger partial charge is 0.497 e. The van der Waals surface area contributed by atoms with Crippen LogP contribution in [0.1, 0.15) is 27.3 Å². The molecule has 1 atom stereocenters. The first-order valence-electron chi connectivity index (χ1n) is 5.45. The van der Waals surface area contributed by atoms with E-state index < -0.39 is 0 Å². The summed E-state index contributed by atoms with van der Waals surface area (Å²) in [5.74, 6) is 1.81. The molecule has 0 bridgehead atoms. The molecular formula is C14H15BrO2. The standard InChI is InChI=1S/C14H15BrO2/c1-9-6-12(16-3)4-5-13(9)14(15)11-7-10(2)17-8-11/h4-8,14H,1-3H3. The van der Waals surface area contributed by atoms with E-state index >= 15 is 0 Å². The molecule has 0 N–H and O–H groups in total. The van der Waals surface area contributed by atoms with Gasteiger partial charge in [0.2, 0.25) is 0 Å². The molecule has 3 heteroatoms. The maximum atomic E-state index is 5.34. The molecule has 0 radical (unpaired) electrons. The molecule has 2 nitrogen and oxygen atoms in total. The molecule has 1 unspecified atom stereocenters. The SMILES string of the molecule is COc1ccc(C(Br)c2coc(C)c2)c(C)c1. The summed E-state index contributed by atoms with van der Waals surface area (Å²) in [6.07, 6.45) is 1.79. The van der Waals surface area contributed by atoms with Crippen LogP contribution < -0.4 is 4.74 Å². The van der Waals surface area contributed by atoms with E-state index in [0.29, 0.717) is 0 Å². The predicted octanol–water partition coefficient (Wildman–Crippen LogP) is 4.39. The molecule has 0 fully saturated rings. The summed E-state index contributed by atoms with van der Waals surface area (Å²) in [5, 5.41) is 0. The Hall–Kier alpha value is -1.22. The molecule has 0 aliphatic heterocycles. The van der Waals surface area contributed by atoms with Gasteiger partial charge < -0.3 is 9.15 Å². The van der Waals surface area contributed by atoms with Crippen molar-refractivity contribution in [3.63, 3.8) is 0 Å². The number of benzene rings is 1. The minimum Gasteiger partial charge on any atom is -0.497 e. The molecule has 1 aromatic heterocycles. The van der Waals surface area contributed by atoms with E-state index in [1.807, 2.05) is 25.1 Å². The number of furan rings is 1. The number of hydrogen-bond donors (Lipinski definition) is 0. The van der Waals surface area contributed by atoms with Gasteiger partial charge in [-0.1, -0.05) is 22.0 Å². The van der Waals surface area contributed by atoms with Crippen molar-refractivity contribution in [2.45, 2.75) is 18.7 Å². The fourth-order valence-corrected chi connectivity index (χ4v) is 2.59. The average Bonchev–Trinajstić information content (AvgIpc) is 2.75. The smallest absolute Gasteiger partial charge is 0.119 e. The minimum absolute atomic E-state index is 0.158. The minimum atomic E-state index is 0.158. The number of alkyl halides is 1. The van der Waals surface area contributed by atoms with Crippen LogP contribution in [0.4, 0.5) is 0 Å². The lowest BCUT2D eigenvalue weighted by Crippen LogP contribution is -1.95. The molecule has 1 heterocycles. The van der Waals surface area contributed by atoms with Gasteiger partial charge in [0.1, 0.15) is 11.5 Å². The topological polar surface area (TPSA) is 22.4 Å². The van der Waals surface area contributed by atoms with Crippen molar-refractivity contribution >= 4 is 15.9 Å². The number of rotatable bonds is 3.